The SMILES string of the molecule is CC(COc1ccccc1O)c1nnc(Sc2ccc(C(=O)NO)cc2)n1C. The van der Waals surface area contributed by atoms with Gasteiger partial charge in [0.25, 0.3) is 5.91 Å². The first-order valence-electron chi connectivity index (χ1n) is 8.52. The van der Waals surface area contributed by atoms with E-state index in [0.717, 1.165) is 10.7 Å². The molecule has 0 bridgehead atoms. The van der Waals surface area contributed by atoms with Gasteiger partial charge in [0.15, 0.2) is 16.7 Å². The Morgan fingerprint density at radius 3 is 2.61 bits per heavy atom. The van der Waals surface area contributed by atoms with Gasteiger partial charge >= 0.3 is 0 Å². The summed E-state index contributed by atoms with van der Waals surface area (Å²) in [5, 5.41) is 27.6. The quantitative estimate of drug-likeness (QED) is 0.413. The minimum atomic E-state index is -0.559. The second kappa shape index (κ2) is 8.77. The van der Waals surface area contributed by atoms with Crippen molar-refractivity contribution in [2.24, 2.45) is 7.05 Å². The lowest BCUT2D eigenvalue weighted by molar-refractivity contribution is 0.0706. The molecule has 3 rings (SSSR count). The molecule has 3 aromatic rings. The van der Waals surface area contributed by atoms with Crippen LogP contribution in [0.15, 0.2) is 58.6 Å². The molecule has 0 fully saturated rings. The van der Waals surface area contributed by atoms with E-state index in [-0.39, 0.29) is 11.7 Å². The molecular weight excluding hydrogens is 380 g/mol. The van der Waals surface area contributed by atoms with Crippen LogP contribution in [-0.2, 0) is 7.05 Å². The van der Waals surface area contributed by atoms with Gasteiger partial charge in [-0.15, -0.1) is 10.2 Å². The number of nitrogens with zero attached hydrogens (tertiary/aromatic N) is 3. The summed E-state index contributed by atoms with van der Waals surface area (Å²) >= 11 is 1.41. The minimum absolute atomic E-state index is 0.0397. The molecule has 1 heterocycles. The van der Waals surface area contributed by atoms with E-state index in [4.69, 9.17) is 9.94 Å². The number of benzene rings is 2. The van der Waals surface area contributed by atoms with Gasteiger partial charge in [-0.1, -0.05) is 19.1 Å². The number of carbonyl (C=O) groups is 1. The fourth-order valence-corrected chi connectivity index (χ4v) is 3.35. The third kappa shape index (κ3) is 4.44. The number of nitrogens with one attached hydrogen (secondary N) is 1. The van der Waals surface area contributed by atoms with Crippen molar-refractivity contribution >= 4 is 17.7 Å². The number of phenolic OH excluding ortho intramolecular Hbond substituents is 1. The van der Waals surface area contributed by atoms with Gasteiger partial charge in [-0.25, -0.2) is 5.48 Å². The van der Waals surface area contributed by atoms with Crippen molar-refractivity contribution in [1.29, 1.82) is 0 Å². The topological polar surface area (TPSA) is 110 Å². The molecule has 0 aliphatic rings. The molecule has 0 spiro atoms. The molecule has 2 aromatic carbocycles. The number of aromatic hydroxyl groups is 1. The Hall–Kier alpha value is -3.04. The standard InChI is InChI=1S/C19H20N4O4S/c1-12(11-27-16-6-4-3-5-15(16)24)17-20-21-19(23(17)2)28-14-9-7-13(8-10-14)18(25)22-26/h3-10,12,24,26H,11H2,1-2H3,(H,22,25). The molecule has 1 unspecified atom stereocenters. The smallest absolute Gasteiger partial charge is 0.274 e. The molecule has 8 nitrogen and oxygen atoms in total. The van der Waals surface area contributed by atoms with E-state index in [1.165, 1.54) is 11.8 Å². The maximum atomic E-state index is 11.4. The first-order chi connectivity index (χ1) is 13.5. The molecule has 28 heavy (non-hydrogen) atoms. The monoisotopic (exact) mass is 400 g/mol. The Kier molecular flexibility index (Phi) is 6.17. The highest BCUT2D eigenvalue weighted by molar-refractivity contribution is 7.99. The molecule has 1 atom stereocenters. The van der Waals surface area contributed by atoms with Crippen molar-refractivity contribution in [2.75, 3.05) is 6.61 Å². The maximum absolute atomic E-state index is 11.4. The Morgan fingerprint density at radius 1 is 1.21 bits per heavy atom. The fraction of sp³-hybridized carbons (Fsp3) is 0.211. The van der Waals surface area contributed by atoms with Crippen molar-refractivity contribution in [3.8, 4) is 11.5 Å². The number of hydroxylamine groups is 1. The summed E-state index contributed by atoms with van der Waals surface area (Å²) in [6, 6.07) is 13.6. The third-order valence-electron chi connectivity index (χ3n) is 4.09. The van der Waals surface area contributed by atoms with E-state index in [0.29, 0.717) is 23.1 Å². The summed E-state index contributed by atoms with van der Waals surface area (Å²) in [6.07, 6.45) is 0. The molecule has 0 aliphatic heterocycles. The highest BCUT2D eigenvalue weighted by Crippen LogP contribution is 2.29. The molecule has 1 aromatic heterocycles. The van der Waals surface area contributed by atoms with E-state index in [1.54, 1.807) is 54.0 Å². The van der Waals surface area contributed by atoms with Crippen molar-refractivity contribution in [2.45, 2.75) is 22.9 Å². The van der Waals surface area contributed by atoms with Crippen molar-refractivity contribution in [3.05, 3.63) is 59.9 Å². The molecule has 0 radical (unpaired) electrons. The lowest BCUT2D eigenvalue weighted by Gasteiger charge is -2.13. The number of aromatic nitrogens is 3. The zero-order valence-corrected chi connectivity index (χ0v) is 16.2. The van der Waals surface area contributed by atoms with Gasteiger partial charge in [0.2, 0.25) is 0 Å². The number of ether oxygens (including phenoxy) is 1. The highest BCUT2D eigenvalue weighted by Gasteiger charge is 2.17. The summed E-state index contributed by atoms with van der Waals surface area (Å²) in [4.78, 5) is 12.3. The number of phenols is 1. The number of rotatable bonds is 7. The van der Waals surface area contributed by atoms with E-state index in [1.807, 2.05) is 18.5 Å². The first-order valence-corrected chi connectivity index (χ1v) is 9.33. The van der Waals surface area contributed by atoms with E-state index < -0.39 is 5.91 Å². The van der Waals surface area contributed by atoms with E-state index in [9.17, 15) is 9.90 Å². The summed E-state index contributed by atoms with van der Waals surface area (Å²) < 4.78 is 7.57. The number of hydrogen-bond acceptors (Lipinski definition) is 7. The largest absolute Gasteiger partial charge is 0.504 e. The van der Waals surface area contributed by atoms with E-state index in [2.05, 4.69) is 10.2 Å². The lowest BCUT2D eigenvalue weighted by atomic mass is 10.2. The Morgan fingerprint density at radius 2 is 1.93 bits per heavy atom. The van der Waals surface area contributed by atoms with Crippen LogP contribution in [-0.4, -0.2) is 37.6 Å². The number of hydrogen-bond donors (Lipinski definition) is 3. The third-order valence-corrected chi connectivity index (χ3v) is 5.14. The molecule has 146 valence electrons. The van der Waals surface area contributed by atoms with Gasteiger partial charge in [0.05, 0.1) is 12.5 Å². The molecule has 9 heteroatoms. The number of para-hydroxylation sites is 2. The molecule has 0 saturated carbocycles. The molecule has 0 saturated heterocycles. The summed E-state index contributed by atoms with van der Waals surface area (Å²) in [5.74, 6) is 0.687. The summed E-state index contributed by atoms with van der Waals surface area (Å²) in [5.41, 5.74) is 1.96. The second-order valence-electron chi connectivity index (χ2n) is 6.15. The summed E-state index contributed by atoms with van der Waals surface area (Å²) in [7, 11) is 1.88. The van der Waals surface area contributed by atoms with Crippen molar-refractivity contribution < 1.29 is 19.8 Å². The van der Waals surface area contributed by atoms with Crippen LogP contribution in [0.1, 0.15) is 29.0 Å². The Bertz CT molecular complexity index is 959. The Balaban J connectivity index is 1.66. The number of amides is 1. The Labute approximate surface area is 166 Å². The van der Waals surface area contributed by atoms with Crippen LogP contribution in [0, 0.1) is 0 Å². The first kappa shape index (κ1) is 19.7. The van der Waals surface area contributed by atoms with E-state index >= 15 is 0 Å². The van der Waals surface area contributed by atoms with Crippen LogP contribution in [0.4, 0.5) is 0 Å². The maximum Gasteiger partial charge on any atom is 0.274 e. The highest BCUT2D eigenvalue weighted by atomic mass is 32.2. The predicted octanol–water partition coefficient (Wildman–Crippen LogP) is 2.97. The van der Waals surface area contributed by atoms with Crippen LogP contribution < -0.4 is 10.2 Å². The fourth-order valence-electron chi connectivity index (χ4n) is 2.56. The second-order valence-corrected chi connectivity index (χ2v) is 7.19. The van der Waals surface area contributed by atoms with Gasteiger partial charge in [0.1, 0.15) is 5.82 Å². The molecular formula is C19H20N4O4S. The van der Waals surface area contributed by atoms with Gasteiger partial charge < -0.3 is 14.4 Å². The molecule has 1 amide bonds. The van der Waals surface area contributed by atoms with Crippen LogP contribution in [0.5, 0.6) is 11.5 Å². The lowest BCUT2D eigenvalue weighted by Crippen LogP contribution is -2.18. The summed E-state index contributed by atoms with van der Waals surface area (Å²) in [6.45, 7) is 2.32. The normalized spacial score (nSPS) is 11.8. The van der Waals surface area contributed by atoms with Gasteiger partial charge in [-0.05, 0) is 48.2 Å². The zero-order valence-electron chi connectivity index (χ0n) is 15.4. The van der Waals surface area contributed by atoms with Gasteiger partial charge in [-0.2, -0.15) is 0 Å². The van der Waals surface area contributed by atoms with Crippen molar-refractivity contribution in [1.82, 2.24) is 20.2 Å². The average molecular weight is 400 g/mol. The zero-order chi connectivity index (χ0) is 20.1. The van der Waals surface area contributed by atoms with Crippen LogP contribution in [0.2, 0.25) is 0 Å². The van der Waals surface area contributed by atoms with Gasteiger partial charge in [0, 0.05) is 17.5 Å². The van der Waals surface area contributed by atoms with Gasteiger partial charge in [-0.3, -0.25) is 10.0 Å². The van der Waals surface area contributed by atoms with Crippen LogP contribution >= 0.6 is 11.8 Å². The average Bonchev–Trinajstić information content (AvgIpc) is 3.07. The van der Waals surface area contributed by atoms with Crippen LogP contribution in [0.25, 0.3) is 0 Å². The van der Waals surface area contributed by atoms with Crippen molar-refractivity contribution in [3.63, 3.8) is 0 Å². The minimum Gasteiger partial charge on any atom is -0.504 e. The number of carbonyl (C=O) groups excluding carboxylic acids is 1. The molecule has 0 aliphatic carbocycles. The predicted molar refractivity (Wildman–Crippen MR) is 103 cm³/mol. The van der Waals surface area contributed by atoms with Crippen LogP contribution in [0.3, 0.4) is 0 Å². The molecule has 3 N–H and O–H groups in total.